The molecular formula is C38H43NO5. The Bertz CT molecular complexity index is 1750. The average molecular weight is 594 g/mol. The smallest absolute Gasteiger partial charge is 0.336 e. The minimum atomic E-state index is -1.08. The van der Waals surface area contributed by atoms with E-state index in [4.69, 9.17) is 4.74 Å². The lowest BCUT2D eigenvalue weighted by Crippen LogP contribution is -2.32. The van der Waals surface area contributed by atoms with Gasteiger partial charge in [0.2, 0.25) is 0 Å². The number of carboxylic acid groups (broad SMARTS) is 2. The van der Waals surface area contributed by atoms with Crippen LogP contribution >= 0.6 is 0 Å². The van der Waals surface area contributed by atoms with Crippen LogP contribution in [0.25, 0.3) is 12.2 Å². The van der Waals surface area contributed by atoms with Crippen molar-refractivity contribution in [2.24, 2.45) is 0 Å². The van der Waals surface area contributed by atoms with Gasteiger partial charge in [-0.05, 0) is 110 Å². The number of rotatable bonds is 10. The van der Waals surface area contributed by atoms with E-state index in [-0.39, 0.29) is 11.1 Å². The summed E-state index contributed by atoms with van der Waals surface area (Å²) in [6.07, 6.45) is 12.1. The van der Waals surface area contributed by atoms with Gasteiger partial charge in [0.05, 0.1) is 11.1 Å². The second-order valence-corrected chi connectivity index (χ2v) is 12.6. The molecule has 0 saturated heterocycles. The van der Waals surface area contributed by atoms with Crippen molar-refractivity contribution in [3.63, 3.8) is 0 Å². The molecule has 0 aromatic heterocycles. The highest BCUT2D eigenvalue weighted by atomic mass is 16.5. The number of ether oxygens (including phenoxy) is 1. The van der Waals surface area contributed by atoms with Gasteiger partial charge in [-0.1, -0.05) is 39.7 Å². The van der Waals surface area contributed by atoms with E-state index in [1.54, 1.807) is 6.07 Å². The van der Waals surface area contributed by atoms with E-state index in [1.807, 2.05) is 0 Å². The zero-order valence-corrected chi connectivity index (χ0v) is 26.1. The first-order chi connectivity index (χ1) is 21.3. The number of hydrogen-bond donors (Lipinski definition) is 2. The molecule has 3 aliphatic rings. The zero-order valence-electron chi connectivity index (χ0n) is 26.1. The Balaban J connectivity index is 1.76. The lowest BCUT2D eigenvalue weighted by atomic mass is 9.82. The standard InChI is InChI=1S/C38H43NO5/c1-4-6-8-12-24-20-31-33(30-22-26(37(40)41)16-17-28(30)38(42)43)32-21-25-13-9-10-18-39-19-11-15-29(34(25)39)36(32)44-35(31)27(23(24)3)14-7-5-2/h16-17,20-22H,3-15,18-19H2,1-2H3,(H,40,41)(H,42,43). The minimum Gasteiger partial charge on any atom is -0.478 e. The quantitative estimate of drug-likeness (QED) is 0.192. The number of nitrogens with zero attached hydrogens (tertiary/aromatic N) is 1. The molecule has 0 unspecified atom stereocenters. The van der Waals surface area contributed by atoms with Gasteiger partial charge >= 0.3 is 11.9 Å². The molecule has 0 atom stereocenters. The lowest BCUT2D eigenvalue weighted by Gasteiger charge is -2.35. The molecular weight excluding hydrogens is 550 g/mol. The molecule has 230 valence electrons. The third kappa shape index (κ3) is 5.29. The van der Waals surface area contributed by atoms with Crippen molar-refractivity contribution < 1.29 is 24.5 Å². The summed E-state index contributed by atoms with van der Waals surface area (Å²) in [5, 5.41) is 22.2. The van der Waals surface area contributed by atoms with Gasteiger partial charge in [0.25, 0.3) is 0 Å². The molecule has 0 amide bonds. The van der Waals surface area contributed by atoms with Crippen LogP contribution in [-0.2, 0) is 25.7 Å². The van der Waals surface area contributed by atoms with E-state index in [0.29, 0.717) is 5.56 Å². The summed E-state index contributed by atoms with van der Waals surface area (Å²) in [4.78, 5) is 27.4. The molecule has 2 N–H and O–H groups in total. The summed E-state index contributed by atoms with van der Waals surface area (Å²) >= 11 is 0. The van der Waals surface area contributed by atoms with Gasteiger partial charge < -0.3 is 19.8 Å². The maximum absolute atomic E-state index is 12.7. The maximum Gasteiger partial charge on any atom is 0.336 e. The number of aromatic carboxylic acids is 2. The summed E-state index contributed by atoms with van der Waals surface area (Å²) in [6, 6.07) is 8.75. The molecule has 0 aliphatic carbocycles. The third-order valence-corrected chi connectivity index (χ3v) is 9.65. The predicted octanol–water partition coefficient (Wildman–Crippen LogP) is 7.01. The topological polar surface area (TPSA) is 87.1 Å². The second kappa shape index (κ2) is 12.5. The molecule has 44 heavy (non-hydrogen) atoms. The maximum atomic E-state index is 12.7. The number of unbranched alkanes of at least 4 members (excludes halogenated alkanes) is 3. The fourth-order valence-electron chi connectivity index (χ4n) is 7.43. The Morgan fingerprint density at radius 1 is 0.864 bits per heavy atom. The highest BCUT2D eigenvalue weighted by Crippen LogP contribution is 2.48. The molecule has 6 rings (SSSR count). The Morgan fingerprint density at radius 2 is 1.66 bits per heavy atom. The van der Waals surface area contributed by atoms with Crippen LogP contribution in [0.3, 0.4) is 0 Å². The molecule has 0 bridgehead atoms. The van der Waals surface area contributed by atoms with E-state index < -0.39 is 11.9 Å². The van der Waals surface area contributed by atoms with E-state index in [1.165, 1.54) is 28.9 Å². The van der Waals surface area contributed by atoms with Crippen LogP contribution in [0.4, 0.5) is 5.69 Å². The van der Waals surface area contributed by atoms with Gasteiger partial charge in [-0.15, -0.1) is 0 Å². The first kappa shape index (κ1) is 30.0. The Labute approximate surface area is 259 Å². The van der Waals surface area contributed by atoms with Crippen LogP contribution < -0.4 is 20.1 Å². The molecule has 3 aliphatic heterocycles. The first-order valence-corrected chi connectivity index (χ1v) is 16.4. The molecule has 3 aromatic carbocycles. The first-order valence-electron chi connectivity index (χ1n) is 16.4. The van der Waals surface area contributed by atoms with Crippen molar-refractivity contribution >= 4 is 29.8 Å². The number of carboxylic acids is 2. The molecule has 0 radical (unpaired) electrons. The van der Waals surface area contributed by atoms with E-state index in [2.05, 4.69) is 37.5 Å². The summed E-state index contributed by atoms with van der Waals surface area (Å²) in [7, 11) is 0. The van der Waals surface area contributed by atoms with Crippen molar-refractivity contribution in [2.45, 2.75) is 90.9 Å². The normalized spacial score (nSPS) is 15.1. The van der Waals surface area contributed by atoms with Gasteiger partial charge in [-0.3, -0.25) is 0 Å². The minimum absolute atomic E-state index is 0.0671. The summed E-state index contributed by atoms with van der Waals surface area (Å²) in [5.74, 6) is -0.611. The highest BCUT2D eigenvalue weighted by Gasteiger charge is 2.34. The van der Waals surface area contributed by atoms with Gasteiger partial charge in [0.1, 0.15) is 11.5 Å². The number of aryl methyl sites for hydroxylation is 2. The number of hydrogen-bond acceptors (Lipinski definition) is 4. The SMILES string of the molecule is C=c1c(CCCCC)cc2c(c1CCCC)Oc1c(cc3c4c1CCCN4CCCC3)C=2c1cc(C(=O)O)ccc1C(=O)O. The monoisotopic (exact) mass is 593 g/mol. The third-order valence-electron chi connectivity index (χ3n) is 9.65. The van der Waals surface area contributed by atoms with Crippen LogP contribution in [0.2, 0.25) is 0 Å². The van der Waals surface area contributed by atoms with E-state index in [0.717, 1.165) is 134 Å². The number of anilines is 1. The molecule has 0 fully saturated rings. The summed E-state index contributed by atoms with van der Waals surface area (Å²) in [5.41, 5.74) is 8.21. The van der Waals surface area contributed by atoms with Crippen LogP contribution in [0.5, 0.6) is 11.5 Å². The van der Waals surface area contributed by atoms with Gasteiger partial charge in [0, 0.05) is 46.3 Å². The second-order valence-electron chi connectivity index (χ2n) is 12.6. The Hall–Kier alpha value is -4.06. The Morgan fingerprint density at radius 3 is 2.41 bits per heavy atom. The number of carbonyl (C=O) groups is 2. The van der Waals surface area contributed by atoms with Gasteiger partial charge in [-0.25, -0.2) is 9.59 Å². The van der Waals surface area contributed by atoms with Crippen molar-refractivity contribution in [1.29, 1.82) is 0 Å². The van der Waals surface area contributed by atoms with E-state index in [9.17, 15) is 19.8 Å². The zero-order chi connectivity index (χ0) is 31.0. The predicted molar refractivity (Wildman–Crippen MR) is 175 cm³/mol. The largest absolute Gasteiger partial charge is 0.478 e. The van der Waals surface area contributed by atoms with Crippen molar-refractivity contribution in [2.75, 3.05) is 18.0 Å². The number of benzene rings is 3. The average Bonchev–Trinajstić information content (AvgIpc) is 3.23. The molecule has 0 saturated carbocycles. The fourth-order valence-corrected chi connectivity index (χ4v) is 7.43. The van der Waals surface area contributed by atoms with Crippen molar-refractivity contribution in [3.05, 3.63) is 85.3 Å². The van der Waals surface area contributed by atoms with Gasteiger partial charge in [-0.2, -0.15) is 0 Å². The Kier molecular flexibility index (Phi) is 8.53. The molecule has 3 heterocycles. The molecule has 6 nitrogen and oxygen atoms in total. The molecule has 3 aromatic rings. The van der Waals surface area contributed by atoms with Crippen LogP contribution in [0.1, 0.15) is 119 Å². The summed E-state index contributed by atoms with van der Waals surface area (Å²) in [6.45, 7) is 11.0. The van der Waals surface area contributed by atoms with Crippen molar-refractivity contribution in [3.8, 4) is 11.5 Å². The lowest BCUT2D eigenvalue weighted by molar-refractivity contribution is 0.0681. The van der Waals surface area contributed by atoms with Crippen LogP contribution in [0.15, 0.2) is 30.3 Å². The highest BCUT2D eigenvalue weighted by molar-refractivity contribution is 6.01. The van der Waals surface area contributed by atoms with Crippen molar-refractivity contribution in [1.82, 2.24) is 0 Å². The summed E-state index contributed by atoms with van der Waals surface area (Å²) < 4.78 is 7.06. The molecule has 6 heteroatoms. The van der Waals surface area contributed by atoms with Crippen LogP contribution in [-0.4, -0.2) is 35.2 Å². The van der Waals surface area contributed by atoms with E-state index >= 15 is 0 Å². The van der Waals surface area contributed by atoms with Crippen LogP contribution in [0, 0.1) is 0 Å². The fraction of sp³-hybridized carbons (Fsp3) is 0.421. The molecule has 0 spiro atoms. The number of fused-ring (bicyclic) bond motifs is 3. The van der Waals surface area contributed by atoms with Gasteiger partial charge in [0.15, 0.2) is 0 Å².